The van der Waals surface area contributed by atoms with Crippen LogP contribution in [0.2, 0.25) is 0 Å². The van der Waals surface area contributed by atoms with Gasteiger partial charge in [0.25, 0.3) is 5.91 Å². The first kappa shape index (κ1) is 14.8. The van der Waals surface area contributed by atoms with E-state index in [0.717, 1.165) is 5.56 Å². The van der Waals surface area contributed by atoms with Gasteiger partial charge < -0.3 is 15.2 Å². The number of aliphatic carboxylic acids is 1. The van der Waals surface area contributed by atoms with Crippen molar-refractivity contribution in [2.24, 2.45) is 0 Å². The molecule has 1 aromatic carbocycles. The van der Waals surface area contributed by atoms with Gasteiger partial charge in [-0.25, -0.2) is 4.79 Å². The van der Waals surface area contributed by atoms with Gasteiger partial charge in [-0.3, -0.25) is 4.79 Å². The van der Waals surface area contributed by atoms with Crippen molar-refractivity contribution >= 4 is 17.6 Å². The van der Waals surface area contributed by atoms with Crippen molar-refractivity contribution in [1.82, 2.24) is 0 Å². The van der Waals surface area contributed by atoms with Gasteiger partial charge in [0.1, 0.15) is 5.75 Å². The Morgan fingerprint density at radius 2 is 1.84 bits per heavy atom. The first-order chi connectivity index (χ1) is 8.86. The van der Waals surface area contributed by atoms with E-state index in [2.05, 4.69) is 5.32 Å². The van der Waals surface area contributed by atoms with E-state index in [1.807, 2.05) is 13.0 Å². The summed E-state index contributed by atoms with van der Waals surface area (Å²) in [5.74, 6) is -1.03. The largest absolute Gasteiger partial charge is 0.495 e. The number of hydrogen-bond acceptors (Lipinski definition) is 3. The molecular formula is C14H17NO4. The third-order valence-corrected chi connectivity index (χ3v) is 2.83. The smallest absolute Gasteiger partial charge is 0.331 e. The lowest BCUT2D eigenvalue weighted by Crippen LogP contribution is -2.16. The molecule has 0 aliphatic heterocycles. The lowest BCUT2D eigenvalue weighted by Gasteiger charge is -2.11. The Hall–Kier alpha value is -2.30. The maximum absolute atomic E-state index is 11.9. The fourth-order valence-corrected chi connectivity index (χ4v) is 1.47. The third kappa shape index (κ3) is 3.58. The highest BCUT2D eigenvalue weighted by molar-refractivity contribution is 6.08. The van der Waals surface area contributed by atoms with Crippen LogP contribution in [0.1, 0.15) is 19.4 Å². The molecule has 2 N–H and O–H groups in total. The van der Waals surface area contributed by atoms with Gasteiger partial charge in [0.2, 0.25) is 0 Å². The summed E-state index contributed by atoms with van der Waals surface area (Å²) in [6, 6.07) is 5.37. The predicted molar refractivity (Wildman–Crippen MR) is 72.4 cm³/mol. The highest BCUT2D eigenvalue weighted by atomic mass is 16.5. The summed E-state index contributed by atoms with van der Waals surface area (Å²) >= 11 is 0. The molecule has 0 aliphatic rings. The summed E-state index contributed by atoms with van der Waals surface area (Å²) < 4.78 is 5.14. The van der Waals surface area contributed by atoms with Crippen molar-refractivity contribution in [3.8, 4) is 5.75 Å². The van der Waals surface area contributed by atoms with Gasteiger partial charge in [0.05, 0.1) is 12.8 Å². The number of ether oxygens (including phenoxy) is 1. The maximum atomic E-state index is 11.9. The van der Waals surface area contributed by atoms with Crippen molar-refractivity contribution in [2.75, 3.05) is 12.4 Å². The molecule has 0 aromatic heterocycles. The van der Waals surface area contributed by atoms with E-state index in [9.17, 15) is 9.59 Å². The average molecular weight is 263 g/mol. The molecule has 19 heavy (non-hydrogen) atoms. The monoisotopic (exact) mass is 263 g/mol. The zero-order valence-electron chi connectivity index (χ0n) is 11.4. The van der Waals surface area contributed by atoms with E-state index >= 15 is 0 Å². The minimum atomic E-state index is -1.11. The second-order valence-electron chi connectivity index (χ2n) is 4.21. The average Bonchev–Trinajstić information content (AvgIpc) is 2.37. The summed E-state index contributed by atoms with van der Waals surface area (Å²) in [6.45, 7) is 4.76. The van der Waals surface area contributed by atoms with Crippen LogP contribution in [0.3, 0.4) is 0 Å². The molecule has 0 spiro atoms. The molecule has 1 aromatic rings. The molecular weight excluding hydrogens is 246 g/mol. The lowest BCUT2D eigenvalue weighted by atomic mass is 10.1. The van der Waals surface area contributed by atoms with Gasteiger partial charge in [-0.05, 0) is 38.5 Å². The zero-order chi connectivity index (χ0) is 14.6. The van der Waals surface area contributed by atoms with E-state index < -0.39 is 11.9 Å². The number of carboxylic acids is 1. The van der Waals surface area contributed by atoms with Crippen LogP contribution in [0.5, 0.6) is 5.75 Å². The van der Waals surface area contributed by atoms with E-state index in [-0.39, 0.29) is 11.1 Å². The summed E-state index contributed by atoms with van der Waals surface area (Å²) in [7, 11) is 1.51. The first-order valence-electron chi connectivity index (χ1n) is 5.73. The number of hydrogen-bond donors (Lipinski definition) is 2. The zero-order valence-corrected chi connectivity index (χ0v) is 11.4. The van der Waals surface area contributed by atoms with Gasteiger partial charge in [0, 0.05) is 11.1 Å². The van der Waals surface area contributed by atoms with Crippen LogP contribution < -0.4 is 10.1 Å². The molecule has 0 unspecified atom stereocenters. The summed E-state index contributed by atoms with van der Waals surface area (Å²) in [6.07, 6.45) is 0. The summed E-state index contributed by atoms with van der Waals surface area (Å²) in [5.41, 5.74) is 1.66. The standard InChI is InChI=1S/C14H17NO4/c1-8-5-6-12(19-4)11(7-8)15-13(16)9(2)10(3)14(17)18/h5-7H,1-4H3,(H,15,16)(H,17,18)/b10-9-. The van der Waals surface area contributed by atoms with Crippen LogP contribution in [0.4, 0.5) is 5.69 Å². The molecule has 5 heteroatoms. The van der Waals surface area contributed by atoms with Gasteiger partial charge in [0.15, 0.2) is 0 Å². The number of methoxy groups -OCH3 is 1. The second kappa shape index (κ2) is 6.04. The van der Waals surface area contributed by atoms with Gasteiger partial charge in [-0.15, -0.1) is 0 Å². The van der Waals surface area contributed by atoms with Crippen LogP contribution in [0.15, 0.2) is 29.3 Å². The number of benzene rings is 1. The molecule has 5 nitrogen and oxygen atoms in total. The van der Waals surface area contributed by atoms with E-state index in [1.54, 1.807) is 12.1 Å². The van der Waals surface area contributed by atoms with Crippen LogP contribution in [0.25, 0.3) is 0 Å². The number of amides is 1. The molecule has 0 saturated heterocycles. The number of carbonyl (C=O) groups is 2. The highest BCUT2D eigenvalue weighted by Crippen LogP contribution is 2.25. The number of carbonyl (C=O) groups excluding carboxylic acids is 1. The molecule has 102 valence electrons. The van der Waals surface area contributed by atoms with Gasteiger partial charge >= 0.3 is 5.97 Å². The number of anilines is 1. The van der Waals surface area contributed by atoms with E-state index in [0.29, 0.717) is 11.4 Å². The summed E-state index contributed by atoms with van der Waals surface area (Å²) in [5, 5.41) is 11.5. The molecule has 0 saturated carbocycles. The van der Waals surface area contributed by atoms with Crippen LogP contribution in [0, 0.1) is 6.92 Å². The predicted octanol–water partition coefficient (Wildman–Crippen LogP) is 2.36. The molecule has 0 atom stereocenters. The quantitative estimate of drug-likeness (QED) is 0.818. The molecule has 0 heterocycles. The van der Waals surface area contributed by atoms with Gasteiger partial charge in [-0.1, -0.05) is 6.07 Å². The molecule has 0 bridgehead atoms. The lowest BCUT2D eigenvalue weighted by molar-refractivity contribution is -0.133. The highest BCUT2D eigenvalue weighted by Gasteiger charge is 2.14. The molecule has 0 aliphatic carbocycles. The van der Waals surface area contributed by atoms with Gasteiger partial charge in [-0.2, -0.15) is 0 Å². The van der Waals surface area contributed by atoms with Crippen LogP contribution in [-0.4, -0.2) is 24.1 Å². The second-order valence-corrected chi connectivity index (χ2v) is 4.21. The number of aryl methyl sites for hydroxylation is 1. The van der Waals surface area contributed by atoms with Crippen molar-refractivity contribution < 1.29 is 19.4 Å². The van der Waals surface area contributed by atoms with Crippen molar-refractivity contribution in [3.63, 3.8) is 0 Å². The SMILES string of the molecule is COc1ccc(C)cc1NC(=O)/C(C)=C(/C)C(=O)O. The first-order valence-corrected chi connectivity index (χ1v) is 5.73. The third-order valence-electron chi connectivity index (χ3n) is 2.83. The minimum absolute atomic E-state index is 0.0177. The number of rotatable bonds is 4. The van der Waals surface area contributed by atoms with Crippen molar-refractivity contribution in [2.45, 2.75) is 20.8 Å². The number of carboxylic acid groups (broad SMARTS) is 1. The Labute approximate surface area is 111 Å². The molecule has 0 fully saturated rings. The van der Waals surface area contributed by atoms with Crippen LogP contribution in [-0.2, 0) is 9.59 Å². The van der Waals surface area contributed by atoms with Crippen LogP contribution >= 0.6 is 0 Å². The Morgan fingerprint density at radius 3 is 2.37 bits per heavy atom. The Morgan fingerprint density at radius 1 is 1.21 bits per heavy atom. The van der Waals surface area contributed by atoms with Crippen molar-refractivity contribution in [3.05, 3.63) is 34.9 Å². The Bertz CT molecular complexity index is 546. The number of nitrogens with one attached hydrogen (secondary N) is 1. The summed E-state index contributed by atoms with van der Waals surface area (Å²) in [4.78, 5) is 22.8. The Kier molecular flexibility index (Phi) is 4.69. The fraction of sp³-hybridized carbons (Fsp3) is 0.286. The maximum Gasteiger partial charge on any atom is 0.331 e. The topological polar surface area (TPSA) is 75.6 Å². The Balaban J connectivity index is 3.03. The van der Waals surface area contributed by atoms with E-state index in [4.69, 9.17) is 9.84 Å². The van der Waals surface area contributed by atoms with Crippen molar-refractivity contribution in [1.29, 1.82) is 0 Å². The fourth-order valence-electron chi connectivity index (χ4n) is 1.47. The molecule has 0 radical (unpaired) electrons. The van der Waals surface area contributed by atoms with E-state index in [1.165, 1.54) is 21.0 Å². The molecule has 1 amide bonds. The normalized spacial score (nSPS) is 11.6. The minimum Gasteiger partial charge on any atom is -0.495 e. The molecule has 1 rings (SSSR count).